The number of benzene rings is 1. The second-order valence-electron chi connectivity index (χ2n) is 5.48. The number of anilines is 1. The van der Waals surface area contributed by atoms with Gasteiger partial charge < -0.3 is 9.64 Å². The van der Waals surface area contributed by atoms with Crippen molar-refractivity contribution in [2.75, 3.05) is 18.0 Å². The topological polar surface area (TPSA) is 68.4 Å². The summed E-state index contributed by atoms with van der Waals surface area (Å²) in [5.74, 6) is 1.80. The summed E-state index contributed by atoms with van der Waals surface area (Å²) in [6, 6.07) is 11.8. The molecule has 2 aromatic heterocycles. The van der Waals surface area contributed by atoms with Crippen molar-refractivity contribution >= 4 is 27.4 Å². The Morgan fingerprint density at radius 1 is 1.13 bits per heavy atom. The van der Waals surface area contributed by atoms with Crippen LogP contribution in [0.2, 0.25) is 0 Å². The van der Waals surface area contributed by atoms with Crippen LogP contribution < -0.4 is 9.64 Å². The summed E-state index contributed by atoms with van der Waals surface area (Å²) >= 11 is 3.47. The Kier molecular flexibility index (Phi) is 3.82. The molecule has 0 radical (unpaired) electrons. The number of aromatic nitrogens is 5. The maximum Gasteiger partial charge on any atom is 0.200 e. The fourth-order valence-electron chi connectivity index (χ4n) is 2.74. The first-order valence-corrected chi connectivity index (χ1v) is 8.30. The summed E-state index contributed by atoms with van der Waals surface area (Å²) < 4.78 is 8.55. The molecule has 0 amide bonds. The van der Waals surface area contributed by atoms with E-state index in [9.17, 15) is 0 Å². The molecule has 0 bridgehead atoms. The van der Waals surface area contributed by atoms with E-state index in [1.807, 2.05) is 36.4 Å². The van der Waals surface area contributed by atoms with Crippen LogP contribution in [0.4, 0.5) is 5.82 Å². The minimum absolute atomic E-state index is 0.234. The van der Waals surface area contributed by atoms with Crippen molar-refractivity contribution < 1.29 is 4.74 Å². The Bertz CT molecular complexity index is 814. The van der Waals surface area contributed by atoms with Crippen LogP contribution in [0.15, 0.2) is 40.9 Å². The van der Waals surface area contributed by atoms with E-state index in [0.29, 0.717) is 5.65 Å². The van der Waals surface area contributed by atoms with Gasteiger partial charge in [0.15, 0.2) is 11.5 Å². The lowest BCUT2D eigenvalue weighted by atomic mass is 10.1. The van der Waals surface area contributed by atoms with Gasteiger partial charge in [0.05, 0.1) is 0 Å². The molecule has 7 nitrogen and oxygen atoms in total. The lowest BCUT2D eigenvalue weighted by Crippen LogP contribution is -2.38. The normalized spacial score (nSPS) is 16.0. The van der Waals surface area contributed by atoms with Gasteiger partial charge >= 0.3 is 0 Å². The predicted molar refractivity (Wildman–Crippen MR) is 88.6 cm³/mol. The van der Waals surface area contributed by atoms with Gasteiger partial charge in [0.2, 0.25) is 0 Å². The summed E-state index contributed by atoms with van der Waals surface area (Å²) in [4.78, 5) is 2.24. The molecule has 8 heteroatoms. The third-order valence-electron chi connectivity index (χ3n) is 3.92. The number of piperidine rings is 1. The molecule has 3 aromatic rings. The first-order valence-electron chi connectivity index (χ1n) is 7.50. The summed E-state index contributed by atoms with van der Waals surface area (Å²) in [6.45, 7) is 1.80. The van der Waals surface area contributed by atoms with E-state index in [1.165, 1.54) is 4.63 Å². The van der Waals surface area contributed by atoms with Gasteiger partial charge in [-0.15, -0.1) is 14.8 Å². The SMILES string of the molecule is Brc1cccc(OC2CCN(c3ccc4nnnn4n3)CC2)c1. The van der Waals surface area contributed by atoms with Gasteiger partial charge in [-0.25, -0.2) is 0 Å². The largest absolute Gasteiger partial charge is 0.490 e. The first kappa shape index (κ1) is 14.4. The van der Waals surface area contributed by atoms with Crippen LogP contribution in [0.1, 0.15) is 12.8 Å². The van der Waals surface area contributed by atoms with Crippen LogP contribution in [0.25, 0.3) is 5.65 Å². The molecular weight excluding hydrogens is 360 g/mol. The van der Waals surface area contributed by atoms with E-state index in [0.717, 1.165) is 42.0 Å². The fraction of sp³-hybridized carbons (Fsp3) is 0.333. The highest BCUT2D eigenvalue weighted by atomic mass is 79.9. The maximum atomic E-state index is 6.06. The number of halogens is 1. The molecule has 1 aliphatic heterocycles. The highest BCUT2D eigenvalue weighted by Gasteiger charge is 2.22. The van der Waals surface area contributed by atoms with Crippen molar-refractivity contribution in [3.8, 4) is 5.75 Å². The van der Waals surface area contributed by atoms with Crippen LogP contribution in [-0.4, -0.2) is 44.4 Å². The second kappa shape index (κ2) is 6.11. The molecule has 1 aliphatic rings. The molecule has 0 saturated carbocycles. The van der Waals surface area contributed by atoms with Crippen LogP contribution in [0.5, 0.6) is 5.75 Å². The zero-order chi connectivity index (χ0) is 15.6. The van der Waals surface area contributed by atoms with Crippen LogP contribution in [0, 0.1) is 0 Å². The van der Waals surface area contributed by atoms with E-state index in [-0.39, 0.29) is 6.10 Å². The van der Waals surface area contributed by atoms with Gasteiger partial charge in [-0.05, 0) is 40.8 Å². The molecule has 4 rings (SSSR count). The number of fused-ring (bicyclic) bond motifs is 1. The van der Waals surface area contributed by atoms with Gasteiger partial charge in [-0.2, -0.15) is 0 Å². The third kappa shape index (κ3) is 3.12. The Balaban J connectivity index is 1.40. The van der Waals surface area contributed by atoms with Crippen molar-refractivity contribution in [2.24, 2.45) is 0 Å². The van der Waals surface area contributed by atoms with Gasteiger partial charge in [0.25, 0.3) is 0 Å². The number of nitrogens with zero attached hydrogens (tertiary/aromatic N) is 6. The fourth-order valence-corrected chi connectivity index (χ4v) is 3.12. The Labute approximate surface area is 141 Å². The minimum Gasteiger partial charge on any atom is -0.490 e. The quantitative estimate of drug-likeness (QED) is 0.700. The molecule has 0 aliphatic carbocycles. The van der Waals surface area contributed by atoms with Gasteiger partial charge in [0, 0.05) is 30.4 Å². The average Bonchev–Trinajstić information content (AvgIpc) is 3.03. The zero-order valence-electron chi connectivity index (χ0n) is 12.3. The Morgan fingerprint density at radius 2 is 2.00 bits per heavy atom. The van der Waals surface area contributed by atoms with E-state index in [4.69, 9.17) is 4.74 Å². The summed E-state index contributed by atoms with van der Waals surface area (Å²) in [7, 11) is 0. The molecule has 1 fully saturated rings. The Morgan fingerprint density at radius 3 is 2.83 bits per heavy atom. The molecular formula is C15H15BrN6O. The minimum atomic E-state index is 0.234. The van der Waals surface area contributed by atoms with E-state index in [1.54, 1.807) is 0 Å². The van der Waals surface area contributed by atoms with Crippen LogP contribution in [0.3, 0.4) is 0 Å². The highest BCUT2D eigenvalue weighted by molar-refractivity contribution is 9.10. The molecule has 0 unspecified atom stereocenters. The Hall–Kier alpha value is -2.22. The van der Waals surface area contributed by atoms with E-state index >= 15 is 0 Å². The number of rotatable bonds is 3. The molecule has 3 heterocycles. The lowest BCUT2D eigenvalue weighted by molar-refractivity contribution is 0.170. The van der Waals surface area contributed by atoms with Crippen molar-refractivity contribution in [1.29, 1.82) is 0 Å². The van der Waals surface area contributed by atoms with Gasteiger partial charge in [-0.3, -0.25) is 0 Å². The summed E-state index contributed by atoms with van der Waals surface area (Å²) in [5, 5.41) is 15.8. The maximum absolute atomic E-state index is 6.06. The number of hydrogen-bond donors (Lipinski definition) is 0. The number of hydrogen-bond acceptors (Lipinski definition) is 6. The molecule has 0 atom stereocenters. The van der Waals surface area contributed by atoms with Crippen molar-refractivity contribution in [3.63, 3.8) is 0 Å². The van der Waals surface area contributed by atoms with E-state index < -0.39 is 0 Å². The molecule has 0 spiro atoms. The van der Waals surface area contributed by atoms with Crippen molar-refractivity contribution in [3.05, 3.63) is 40.9 Å². The molecule has 23 heavy (non-hydrogen) atoms. The summed E-state index contributed by atoms with van der Waals surface area (Å²) in [5.41, 5.74) is 0.654. The monoisotopic (exact) mass is 374 g/mol. The standard InChI is InChI=1S/C15H15BrN6O/c16-11-2-1-3-13(10-11)23-12-6-8-21(9-7-12)15-5-4-14-17-19-20-22(14)18-15/h1-5,10,12H,6-9H2. The van der Waals surface area contributed by atoms with Gasteiger partial charge in [-0.1, -0.05) is 22.0 Å². The van der Waals surface area contributed by atoms with Crippen LogP contribution in [-0.2, 0) is 0 Å². The highest BCUT2D eigenvalue weighted by Crippen LogP contribution is 2.24. The number of ether oxygens (including phenoxy) is 1. The first-order chi connectivity index (χ1) is 11.3. The second-order valence-corrected chi connectivity index (χ2v) is 6.40. The molecule has 0 N–H and O–H groups in total. The summed E-state index contributed by atoms with van der Waals surface area (Å²) in [6.07, 6.45) is 2.15. The molecule has 1 saturated heterocycles. The van der Waals surface area contributed by atoms with Crippen molar-refractivity contribution in [1.82, 2.24) is 25.3 Å². The molecule has 118 valence electrons. The van der Waals surface area contributed by atoms with E-state index in [2.05, 4.69) is 41.5 Å². The lowest BCUT2D eigenvalue weighted by Gasteiger charge is -2.32. The third-order valence-corrected chi connectivity index (χ3v) is 4.41. The zero-order valence-corrected chi connectivity index (χ0v) is 13.9. The molecule has 1 aromatic carbocycles. The predicted octanol–water partition coefficient (Wildman–Crippen LogP) is 2.33. The number of tetrazole rings is 1. The average molecular weight is 375 g/mol. The van der Waals surface area contributed by atoms with Gasteiger partial charge in [0.1, 0.15) is 11.9 Å². The van der Waals surface area contributed by atoms with Crippen molar-refractivity contribution in [2.45, 2.75) is 18.9 Å². The smallest absolute Gasteiger partial charge is 0.200 e. The van der Waals surface area contributed by atoms with Crippen LogP contribution >= 0.6 is 15.9 Å².